The molecule has 0 aliphatic heterocycles. The van der Waals surface area contributed by atoms with Crippen molar-refractivity contribution < 1.29 is 0 Å². The van der Waals surface area contributed by atoms with Gasteiger partial charge in [-0.2, -0.15) is 0 Å². The molecule has 0 radical (unpaired) electrons. The van der Waals surface area contributed by atoms with E-state index in [9.17, 15) is 0 Å². The van der Waals surface area contributed by atoms with Crippen molar-refractivity contribution in [2.24, 2.45) is 0 Å². The molecule has 0 bridgehead atoms. The Labute approximate surface area is 334 Å². The first-order chi connectivity index (χ1) is 28.3. The van der Waals surface area contributed by atoms with Crippen LogP contribution in [0.5, 0.6) is 0 Å². The molecule has 11 rings (SSSR count). The molecule has 57 heavy (non-hydrogen) atoms. The summed E-state index contributed by atoms with van der Waals surface area (Å²) in [5.41, 5.74) is 17.0. The van der Waals surface area contributed by atoms with E-state index in [1.165, 1.54) is 99.4 Å². The number of rotatable bonds is 6. The average molecular weight is 723 g/mol. The molecule has 0 nitrogen and oxygen atoms in total. The summed E-state index contributed by atoms with van der Waals surface area (Å²) in [7, 11) is 0. The highest BCUT2D eigenvalue weighted by molar-refractivity contribution is 6.11. The average Bonchev–Trinajstić information content (AvgIpc) is 3.60. The number of hydrogen-bond donors (Lipinski definition) is 0. The third kappa shape index (κ3) is 5.37. The van der Waals surface area contributed by atoms with Crippen LogP contribution in [-0.2, 0) is 5.41 Å². The van der Waals surface area contributed by atoms with Crippen LogP contribution in [0.4, 0.5) is 0 Å². The maximum Gasteiger partial charge on any atom is 0.0714 e. The number of hydrogen-bond acceptors (Lipinski definition) is 0. The molecule has 0 heterocycles. The van der Waals surface area contributed by atoms with Gasteiger partial charge in [-0.05, 0) is 130 Å². The van der Waals surface area contributed by atoms with Crippen molar-refractivity contribution in [1.82, 2.24) is 0 Å². The van der Waals surface area contributed by atoms with Crippen LogP contribution in [0.25, 0.3) is 77.2 Å². The molecule has 1 aliphatic carbocycles. The fourth-order valence-corrected chi connectivity index (χ4v) is 9.51. The molecule has 0 saturated carbocycles. The van der Waals surface area contributed by atoms with Gasteiger partial charge in [0.05, 0.1) is 5.41 Å². The standard InChI is InChI=1S/C57H38/c1-4-16-39(17-5-1)42-20-14-21-43(34-42)44-22-15-23-45(35-44)46-32-33-52-54(37-46)57(48-24-6-2-7-25-48,49-26-8-3-9-27-49)55-38-53(50-28-12-13-29-51(50)56(52)55)47-31-30-40-18-10-11-19-41(40)36-47/h1-38H. The molecule has 0 unspecified atom stereocenters. The summed E-state index contributed by atoms with van der Waals surface area (Å²) in [6.07, 6.45) is 0. The van der Waals surface area contributed by atoms with Crippen LogP contribution in [0.3, 0.4) is 0 Å². The second-order valence-electron chi connectivity index (χ2n) is 15.2. The van der Waals surface area contributed by atoms with Crippen molar-refractivity contribution in [3.8, 4) is 55.6 Å². The maximum absolute atomic E-state index is 2.52. The summed E-state index contributed by atoms with van der Waals surface area (Å²) >= 11 is 0. The second-order valence-corrected chi connectivity index (χ2v) is 15.2. The molecule has 10 aromatic carbocycles. The van der Waals surface area contributed by atoms with Gasteiger partial charge in [-0.25, -0.2) is 0 Å². The lowest BCUT2D eigenvalue weighted by molar-refractivity contribution is 0.769. The van der Waals surface area contributed by atoms with Crippen molar-refractivity contribution in [2.45, 2.75) is 5.41 Å². The van der Waals surface area contributed by atoms with Crippen molar-refractivity contribution >= 4 is 21.5 Å². The zero-order chi connectivity index (χ0) is 37.8. The summed E-state index contributed by atoms with van der Waals surface area (Å²) in [5.74, 6) is 0. The van der Waals surface area contributed by atoms with Gasteiger partial charge in [0.25, 0.3) is 0 Å². The summed E-state index contributed by atoms with van der Waals surface area (Å²) in [6, 6.07) is 85.2. The van der Waals surface area contributed by atoms with Crippen LogP contribution in [0, 0.1) is 0 Å². The number of fused-ring (bicyclic) bond motifs is 6. The first-order valence-corrected chi connectivity index (χ1v) is 19.8. The second kappa shape index (κ2) is 13.5. The molecule has 0 N–H and O–H groups in total. The first-order valence-electron chi connectivity index (χ1n) is 19.8. The van der Waals surface area contributed by atoms with Gasteiger partial charge >= 0.3 is 0 Å². The Hall–Kier alpha value is -7.28. The van der Waals surface area contributed by atoms with E-state index < -0.39 is 5.41 Å². The Morgan fingerprint density at radius 2 is 0.737 bits per heavy atom. The monoisotopic (exact) mass is 722 g/mol. The molecule has 0 atom stereocenters. The molecule has 0 aromatic heterocycles. The Bertz CT molecular complexity index is 3060. The van der Waals surface area contributed by atoms with Gasteiger partial charge in [0.1, 0.15) is 0 Å². The van der Waals surface area contributed by atoms with Crippen LogP contribution in [0.15, 0.2) is 231 Å². The van der Waals surface area contributed by atoms with Gasteiger partial charge in [-0.3, -0.25) is 0 Å². The van der Waals surface area contributed by atoms with E-state index in [2.05, 4.69) is 231 Å². The van der Waals surface area contributed by atoms with Gasteiger partial charge < -0.3 is 0 Å². The lowest BCUT2D eigenvalue weighted by atomic mass is 9.67. The highest BCUT2D eigenvalue weighted by Crippen LogP contribution is 2.59. The third-order valence-corrected chi connectivity index (χ3v) is 12.1. The molecule has 0 saturated heterocycles. The zero-order valence-corrected chi connectivity index (χ0v) is 31.4. The summed E-state index contributed by atoms with van der Waals surface area (Å²) in [5, 5.41) is 5.05. The quantitative estimate of drug-likeness (QED) is 0.160. The predicted molar refractivity (Wildman–Crippen MR) is 241 cm³/mol. The van der Waals surface area contributed by atoms with Crippen LogP contribution in [0.2, 0.25) is 0 Å². The molecule has 0 heteroatoms. The van der Waals surface area contributed by atoms with Crippen LogP contribution in [-0.4, -0.2) is 0 Å². The van der Waals surface area contributed by atoms with E-state index in [0.717, 1.165) is 0 Å². The Balaban J connectivity index is 1.16. The van der Waals surface area contributed by atoms with E-state index in [-0.39, 0.29) is 0 Å². The molecule has 0 fully saturated rings. The van der Waals surface area contributed by atoms with E-state index in [1.54, 1.807) is 0 Å². The lowest BCUT2D eigenvalue weighted by Gasteiger charge is -2.34. The minimum Gasteiger partial charge on any atom is -0.0622 e. The zero-order valence-electron chi connectivity index (χ0n) is 31.4. The Morgan fingerprint density at radius 1 is 0.246 bits per heavy atom. The third-order valence-electron chi connectivity index (χ3n) is 12.1. The minimum atomic E-state index is -0.555. The highest BCUT2D eigenvalue weighted by atomic mass is 14.5. The van der Waals surface area contributed by atoms with Crippen molar-refractivity contribution in [1.29, 1.82) is 0 Å². The smallest absolute Gasteiger partial charge is 0.0622 e. The van der Waals surface area contributed by atoms with E-state index >= 15 is 0 Å². The van der Waals surface area contributed by atoms with Gasteiger partial charge in [0.2, 0.25) is 0 Å². The fraction of sp³-hybridized carbons (Fsp3) is 0.0175. The minimum absolute atomic E-state index is 0.555. The first kappa shape index (κ1) is 33.1. The topological polar surface area (TPSA) is 0 Å². The van der Waals surface area contributed by atoms with Crippen LogP contribution >= 0.6 is 0 Å². The molecule has 0 spiro atoms. The summed E-state index contributed by atoms with van der Waals surface area (Å²) < 4.78 is 0. The van der Waals surface area contributed by atoms with Gasteiger partial charge in [-0.15, -0.1) is 0 Å². The molecular weight excluding hydrogens is 685 g/mol. The number of benzene rings is 10. The van der Waals surface area contributed by atoms with Crippen LogP contribution < -0.4 is 0 Å². The molecule has 10 aromatic rings. The van der Waals surface area contributed by atoms with Gasteiger partial charge in [0.15, 0.2) is 0 Å². The predicted octanol–water partition coefficient (Wildman–Crippen LogP) is 15.0. The van der Waals surface area contributed by atoms with Gasteiger partial charge in [0, 0.05) is 0 Å². The fourth-order valence-electron chi connectivity index (χ4n) is 9.51. The SMILES string of the molecule is c1ccc(-c2cccc(-c3cccc(-c4ccc5c(c4)C(c4ccccc4)(c4ccccc4)c4cc(-c6ccc7ccccc7c6)c6ccccc6c4-5)c3)c2)cc1. The maximum atomic E-state index is 2.52. The lowest BCUT2D eigenvalue weighted by Crippen LogP contribution is -2.28. The van der Waals surface area contributed by atoms with E-state index in [1.807, 2.05) is 0 Å². The normalized spacial score (nSPS) is 12.7. The highest BCUT2D eigenvalue weighted by Gasteiger charge is 2.47. The molecule has 1 aliphatic rings. The Kier molecular flexibility index (Phi) is 7.83. The van der Waals surface area contributed by atoms with Crippen molar-refractivity contribution in [3.63, 3.8) is 0 Å². The Morgan fingerprint density at radius 3 is 1.39 bits per heavy atom. The van der Waals surface area contributed by atoms with Gasteiger partial charge in [-0.1, -0.05) is 200 Å². The molecular formula is C57H38. The molecule has 0 amide bonds. The largest absolute Gasteiger partial charge is 0.0714 e. The molecule has 266 valence electrons. The summed E-state index contributed by atoms with van der Waals surface area (Å²) in [6.45, 7) is 0. The van der Waals surface area contributed by atoms with E-state index in [4.69, 9.17) is 0 Å². The van der Waals surface area contributed by atoms with Crippen LogP contribution in [0.1, 0.15) is 22.3 Å². The summed E-state index contributed by atoms with van der Waals surface area (Å²) in [4.78, 5) is 0. The van der Waals surface area contributed by atoms with Crippen molar-refractivity contribution in [3.05, 3.63) is 253 Å². The van der Waals surface area contributed by atoms with E-state index in [0.29, 0.717) is 0 Å². The van der Waals surface area contributed by atoms with Crippen molar-refractivity contribution in [2.75, 3.05) is 0 Å².